The molecule has 0 aliphatic carbocycles. The second-order valence-corrected chi connectivity index (χ2v) is 8.19. The Morgan fingerprint density at radius 1 is 1.24 bits per heavy atom. The Hall–Kier alpha value is -2.35. The molecular formula is C20H11BrClIN2O4. The summed E-state index contributed by atoms with van der Waals surface area (Å²) in [5, 5.41) is 2.63. The van der Waals surface area contributed by atoms with Crippen LogP contribution in [0.5, 0.6) is 5.75 Å². The van der Waals surface area contributed by atoms with Gasteiger partial charge in [0.2, 0.25) is 0 Å². The third kappa shape index (κ3) is 4.63. The zero-order valence-electron chi connectivity index (χ0n) is 14.5. The molecule has 0 saturated carbocycles. The lowest BCUT2D eigenvalue weighted by molar-refractivity contribution is -0.122. The van der Waals surface area contributed by atoms with Crippen molar-refractivity contribution in [1.29, 1.82) is 0 Å². The molecular weight excluding hydrogens is 574 g/mol. The summed E-state index contributed by atoms with van der Waals surface area (Å²) in [5.74, 6) is 1.44. The number of nitrogens with zero attached hydrogens (tertiary/aromatic N) is 1. The first-order valence-corrected chi connectivity index (χ1v) is 10.3. The lowest BCUT2D eigenvalue weighted by Crippen LogP contribution is -2.54. The third-order valence-electron chi connectivity index (χ3n) is 3.82. The topological polar surface area (TPSA) is 75.7 Å². The number of imide groups is 2. The molecule has 29 heavy (non-hydrogen) atoms. The number of carbonyl (C=O) groups is 3. The van der Waals surface area contributed by atoms with Gasteiger partial charge in [-0.2, -0.15) is 0 Å². The maximum absolute atomic E-state index is 12.9. The number of hydrogen-bond acceptors (Lipinski definition) is 4. The Labute approximate surface area is 193 Å². The van der Waals surface area contributed by atoms with Crippen LogP contribution >= 0.6 is 50.1 Å². The summed E-state index contributed by atoms with van der Waals surface area (Å²) in [6.45, 7) is 0.105. The number of anilines is 1. The van der Waals surface area contributed by atoms with Crippen molar-refractivity contribution in [3.8, 4) is 18.1 Å². The second-order valence-electron chi connectivity index (χ2n) is 5.74. The van der Waals surface area contributed by atoms with Gasteiger partial charge < -0.3 is 4.74 Å². The summed E-state index contributed by atoms with van der Waals surface area (Å²) in [4.78, 5) is 38.3. The maximum Gasteiger partial charge on any atom is 0.335 e. The van der Waals surface area contributed by atoms with Crippen molar-refractivity contribution in [3.63, 3.8) is 0 Å². The summed E-state index contributed by atoms with van der Waals surface area (Å²) >= 11 is 11.3. The molecule has 1 saturated heterocycles. The number of ether oxygens (including phenoxy) is 1. The molecule has 1 N–H and O–H groups in total. The van der Waals surface area contributed by atoms with Crippen LogP contribution in [0.2, 0.25) is 5.02 Å². The van der Waals surface area contributed by atoms with Gasteiger partial charge in [0.15, 0.2) is 0 Å². The molecule has 2 aromatic rings. The molecule has 1 aliphatic heterocycles. The number of urea groups is 1. The van der Waals surface area contributed by atoms with Crippen molar-refractivity contribution in [2.75, 3.05) is 11.5 Å². The third-order valence-corrected chi connectivity index (χ3v) is 5.46. The van der Waals surface area contributed by atoms with Gasteiger partial charge in [0, 0.05) is 5.02 Å². The van der Waals surface area contributed by atoms with E-state index in [2.05, 4.69) is 49.8 Å². The molecule has 0 bridgehead atoms. The highest BCUT2D eigenvalue weighted by Gasteiger charge is 2.36. The number of carbonyl (C=O) groups excluding carboxylic acids is 3. The first-order chi connectivity index (χ1) is 13.8. The first-order valence-electron chi connectivity index (χ1n) is 8.04. The van der Waals surface area contributed by atoms with Crippen molar-refractivity contribution >= 4 is 79.7 Å². The fourth-order valence-electron chi connectivity index (χ4n) is 2.56. The van der Waals surface area contributed by atoms with E-state index < -0.39 is 17.8 Å². The summed E-state index contributed by atoms with van der Waals surface area (Å²) in [6, 6.07) is 8.72. The number of benzene rings is 2. The lowest BCUT2D eigenvalue weighted by atomic mass is 10.1. The van der Waals surface area contributed by atoms with Gasteiger partial charge in [-0.25, -0.2) is 9.69 Å². The number of nitrogens with one attached hydrogen (secondary N) is 1. The van der Waals surface area contributed by atoms with Crippen LogP contribution in [0.1, 0.15) is 5.56 Å². The van der Waals surface area contributed by atoms with Gasteiger partial charge in [-0.05, 0) is 86.6 Å². The van der Waals surface area contributed by atoms with E-state index in [0.29, 0.717) is 26.5 Å². The van der Waals surface area contributed by atoms with E-state index in [1.807, 2.05) is 0 Å². The Morgan fingerprint density at radius 2 is 1.93 bits per heavy atom. The van der Waals surface area contributed by atoms with Gasteiger partial charge in [-0.1, -0.05) is 17.5 Å². The van der Waals surface area contributed by atoms with Crippen LogP contribution in [0.3, 0.4) is 0 Å². The molecule has 0 spiro atoms. The van der Waals surface area contributed by atoms with E-state index >= 15 is 0 Å². The fraction of sp³-hybridized carbons (Fsp3) is 0.0500. The van der Waals surface area contributed by atoms with Gasteiger partial charge in [-0.3, -0.25) is 14.9 Å². The van der Waals surface area contributed by atoms with Crippen molar-refractivity contribution < 1.29 is 19.1 Å². The normalized spacial score (nSPS) is 15.3. The molecule has 1 fully saturated rings. The number of halogens is 3. The zero-order valence-corrected chi connectivity index (χ0v) is 19.0. The lowest BCUT2D eigenvalue weighted by Gasteiger charge is -2.26. The average molecular weight is 586 g/mol. The number of terminal acetylenes is 1. The molecule has 0 aromatic heterocycles. The Kier molecular flexibility index (Phi) is 6.62. The Bertz CT molecular complexity index is 1070. The molecule has 0 atom stereocenters. The second kappa shape index (κ2) is 8.98. The van der Waals surface area contributed by atoms with Gasteiger partial charge in [-0.15, -0.1) is 6.42 Å². The van der Waals surface area contributed by atoms with E-state index in [1.54, 1.807) is 24.3 Å². The highest BCUT2D eigenvalue weighted by atomic mass is 127. The Balaban J connectivity index is 1.98. The highest BCUT2D eigenvalue weighted by Crippen LogP contribution is 2.33. The van der Waals surface area contributed by atoms with Crippen molar-refractivity contribution in [2.24, 2.45) is 0 Å². The maximum atomic E-state index is 12.9. The first kappa shape index (κ1) is 21.4. The number of amides is 4. The molecule has 146 valence electrons. The number of rotatable bonds is 4. The minimum Gasteiger partial charge on any atom is -0.479 e. The molecule has 1 aliphatic rings. The molecule has 6 nitrogen and oxygen atoms in total. The number of hydrogen-bond donors (Lipinski definition) is 1. The smallest absolute Gasteiger partial charge is 0.335 e. The van der Waals surface area contributed by atoms with E-state index in [0.717, 1.165) is 8.47 Å². The fourth-order valence-corrected chi connectivity index (χ4v) is 4.46. The van der Waals surface area contributed by atoms with Crippen LogP contribution in [0, 0.1) is 15.9 Å². The van der Waals surface area contributed by atoms with Crippen LogP contribution in [-0.4, -0.2) is 24.5 Å². The van der Waals surface area contributed by atoms with Gasteiger partial charge >= 0.3 is 6.03 Å². The molecule has 0 radical (unpaired) electrons. The van der Waals surface area contributed by atoms with E-state index in [9.17, 15) is 14.4 Å². The van der Waals surface area contributed by atoms with Crippen molar-refractivity contribution in [1.82, 2.24) is 5.32 Å². The molecule has 0 unspecified atom stereocenters. The molecule has 9 heteroatoms. The predicted octanol–water partition coefficient (Wildman–Crippen LogP) is 4.39. The largest absolute Gasteiger partial charge is 0.479 e. The van der Waals surface area contributed by atoms with Gasteiger partial charge in [0.05, 0.1) is 13.7 Å². The van der Waals surface area contributed by atoms with Crippen LogP contribution in [0.4, 0.5) is 10.5 Å². The summed E-state index contributed by atoms with van der Waals surface area (Å²) < 4.78 is 6.82. The minimum atomic E-state index is -0.826. The predicted molar refractivity (Wildman–Crippen MR) is 122 cm³/mol. The molecule has 2 aromatic carbocycles. The van der Waals surface area contributed by atoms with E-state index in [-0.39, 0.29) is 12.2 Å². The zero-order chi connectivity index (χ0) is 21.1. The molecule has 4 amide bonds. The van der Waals surface area contributed by atoms with Crippen LogP contribution in [0.25, 0.3) is 6.08 Å². The molecule has 3 rings (SSSR count). The van der Waals surface area contributed by atoms with Crippen molar-refractivity contribution in [3.05, 3.63) is 60.6 Å². The van der Waals surface area contributed by atoms with Gasteiger partial charge in [0.25, 0.3) is 11.8 Å². The van der Waals surface area contributed by atoms with Crippen LogP contribution in [-0.2, 0) is 9.59 Å². The van der Waals surface area contributed by atoms with E-state index in [1.165, 1.54) is 18.2 Å². The minimum absolute atomic E-state index is 0.105. The van der Waals surface area contributed by atoms with Crippen LogP contribution in [0.15, 0.2) is 46.4 Å². The monoisotopic (exact) mass is 584 g/mol. The van der Waals surface area contributed by atoms with Crippen LogP contribution < -0.4 is 15.0 Å². The molecule has 1 heterocycles. The summed E-state index contributed by atoms with van der Waals surface area (Å²) in [6.07, 6.45) is 6.63. The average Bonchev–Trinajstić information content (AvgIpc) is 2.66. The SMILES string of the molecule is C#CCOc1c(Br)cc(/C=C2\C(=O)NC(=O)N(c3ccc(Cl)cc3)C2=O)cc1I. The summed E-state index contributed by atoms with van der Waals surface area (Å²) in [5.41, 5.74) is 0.682. The summed E-state index contributed by atoms with van der Waals surface area (Å²) in [7, 11) is 0. The van der Waals surface area contributed by atoms with Gasteiger partial charge in [0.1, 0.15) is 17.9 Å². The van der Waals surface area contributed by atoms with E-state index in [4.69, 9.17) is 22.8 Å². The quantitative estimate of drug-likeness (QED) is 0.250. The Morgan fingerprint density at radius 3 is 2.55 bits per heavy atom. The number of barbiturate groups is 1. The standard InChI is InChI=1S/C20H11BrClIN2O4/c1-2-7-29-17-15(21)9-11(10-16(17)23)8-14-18(26)24-20(28)25(19(14)27)13-5-3-12(22)4-6-13/h1,3-6,8-10H,7H2,(H,24,26,28)/b14-8+. The highest BCUT2D eigenvalue weighted by molar-refractivity contribution is 14.1. The van der Waals surface area contributed by atoms with Crippen molar-refractivity contribution in [2.45, 2.75) is 0 Å².